The van der Waals surface area contributed by atoms with Crippen LogP contribution in [0.5, 0.6) is 0 Å². The van der Waals surface area contributed by atoms with Crippen LogP contribution in [0.1, 0.15) is 17.0 Å². The Labute approximate surface area is 104 Å². The molecule has 0 saturated carbocycles. The van der Waals surface area contributed by atoms with Crippen LogP contribution in [-0.2, 0) is 0 Å². The van der Waals surface area contributed by atoms with Gasteiger partial charge < -0.3 is 5.32 Å². The number of anilines is 2. The molecule has 0 aliphatic carbocycles. The number of nitrogens with one attached hydrogen (secondary N) is 1. The van der Waals surface area contributed by atoms with Crippen molar-refractivity contribution in [2.45, 2.75) is 6.92 Å². The highest BCUT2D eigenvalue weighted by Gasteiger charge is 2.07. The van der Waals surface area contributed by atoms with Crippen molar-refractivity contribution in [1.82, 2.24) is 9.97 Å². The van der Waals surface area contributed by atoms with E-state index >= 15 is 0 Å². The van der Waals surface area contributed by atoms with Gasteiger partial charge in [0, 0.05) is 0 Å². The van der Waals surface area contributed by atoms with Crippen LogP contribution >= 0.6 is 0 Å². The van der Waals surface area contributed by atoms with E-state index < -0.39 is 0 Å². The quantitative estimate of drug-likeness (QED) is 0.862. The fourth-order valence-corrected chi connectivity index (χ4v) is 1.46. The Morgan fingerprint density at radius 3 is 2.56 bits per heavy atom. The first-order valence-electron chi connectivity index (χ1n) is 5.24. The van der Waals surface area contributed by atoms with Gasteiger partial charge in [-0.05, 0) is 19.1 Å². The van der Waals surface area contributed by atoms with Crippen LogP contribution in [0, 0.1) is 29.6 Å². The predicted molar refractivity (Wildman–Crippen MR) is 65.9 cm³/mol. The highest BCUT2D eigenvalue weighted by Crippen LogP contribution is 2.20. The van der Waals surface area contributed by atoms with E-state index in [1.165, 1.54) is 6.20 Å². The maximum Gasteiger partial charge on any atom is 0.152 e. The summed E-state index contributed by atoms with van der Waals surface area (Å²) in [6.45, 7) is 1.74. The molecule has 0 spiro atoms. The van der Waals surface area contributed by atoms with Crippen molar-refractivity contribution in [3.05, 3.63) is 47.4 Å². The van der Waals surface area contributed by atoms with E-state index in [9.17, 15) is 0 Å². The molecule has 0 atom stereocenters. The van der Waals surface area contributed by atoms with Gasteiger partial charge in [-0.15, -0.1) is 0 Å². The van der Waals surface area contributed by atoms with Crippen LogP contribution in [0.25, 0.3) is 0 Å². The van der Waals surface area contributed by atoms with Gasteiger partial charge >= 0.3 is 0 Å². The van der Waals surface area contributed by atoms with Gasteiger partial charge in [0.1, 0.15) is 23.5 Å². The lowest BCUT2D eigenvalue weighted by molar-refractivity contribution is 1.05. The second kappa shape index (κ2) is 4.94. The Kier molecular flexibility index (Phi) is 3.17. The minimum absolute atomic E-state index is 0.341. The molecule has 1 aromatic heterocycles. The first-order chi connectivity index (χ1) is 8.74. The maximum atomic E-state index is 8.99. The zero-order chi connectivity index (χ0) is 13.0. The molecule has 0 bridgehead atoms. The van der Waals surface area contributed by atoms with Crippen LogP contribution in [0.2, 0.25) is 0 Å². The predicted octanol–water partition coefficient (Wildman–Crippen LogP) is 2.27. The molecule has 1 N–H and O–H groups in total. The summed E-state index contributed by atoms with van der Waals surface area (Å²) in [5.41, 5.74) is 1.46. The van der Waals surface area contributed by atoms with Crippen LogP contribution in [0.3, 0.4) is 0 Å². The first-order valence-corrected chi connectivity index (χ1v) is 5.24. The number of para-hydroxylation sites is 1. The summed E-state index contributed by atoms with van der Waals surface area (Å²) >= 11 is 0. The second-order valence-corrected chi connectivity index (χ2v) is 3.57. The molecule has 0 unspecified atom stereocenters. The fraction of sp³-hybridized carbons (Fsp3) is 0.0769. The molecule has 1 heterocycles. The summed E-state index contributed by atoms with van der Waals surface area (Å²) in [5, 5.41) is 21.0. The molecular weight excluding hydrogens is 226 g/mol. The molecule has 2 aromatic rings. The number of nitrogens with zero attached hydrogens (tertiary/aromatic N) is 4. The molecule has 0 aliphatic heterocycles. The van der Waals surface area contributed by atoms with Gasteiger partial charge in [-0.25, -0.2) is 9.97 Å². The van der Waals surface area contributed by atoms with Crippen LogP contribution < -0.4 is 5.32 Å². The van der Waals surface area contributed by atoms with Crippen molar-refractivity contribution < 1.29 is 0 Å². The molecular formula is C13H9N5. The van der Waals surface area contributed by atoms with Crippen molar-refractivity contribution in [2.75, 3.05) is 5.32 Å². The van der Waals surface area contributed by atoms with Crippen molar-refractivity contribution in [1.29, 1.82) is 10.5 Å². The largest absolute Gasteiger partial charge is 0.338 e. The topological polar surface area (TPSA) is 85.4 Å². The fourth-order valence-electron chi connectivity index (χ4n) is 1.46. The third kappa shape index (κ3) is 2.26. The van der Waals surface area contributed by atoms with Crippen molar-refractivity contribution >= 4 is 11.5 Å². The van der Waals surface area contributed by atoms with Gasteiger partial charge in [0.25, 0.3) is 0 Å². The number of nitriles is 2. The smallest absolute Gasteiger partial charge is 0.152 e. The molecule has 18 heavy (non-hydrogen) atoms. The lowest BCUT2D eigenvalue weighted by Gasteiger charge is -2.08. The van der Waals surface area contributed by atoms with Crippen molar-refractivity contribution in [3.8, 4) is 12.1 Å². The number of benzene rings is 1. The van der Waals surface area contributed by atoms with Gasteiger partial charge in [-0.1, -0.05) is 12.1 Å². The van der Waals surface area contributed by atoms with E-state index in [4.69, 9.17) is 10.5 Å². The lowest BCUT2D eigenvalue weighted by atomic mass is 10.2. The third-order valence-electron chi connectivity index (χ3n) is 2.33. The van der Waals surface area contributed by atoms with Crippen LogP contribution in [0.4, 0.5) is 11.5 Å². The molecule has 5 heteroatoms. The Morgan fingerprint density at radius 1 is 1.11 bits per heavy atom. The van der Waals surface area contributed by atoms with Gasteiger partial charge in [0.2, 0.25) is 0 Å². The highest BCUT2D eigenvalue weighted by molar-refractivity contribution is 5.67. The van der Waals surface area contributed by atoms with Gasteiger partial charge in [-0.3, -0.25) is 0 Å². The summed E-state index contributed by atoms with van der Waals surface area (Å²) in [4.78, 5) is 8.12. The average molecular weight is 235 g/mol. The number of hydrogen-bond acceptors (Lipinski definition) is 5. The Hall–Kier alpha value is -2.92. The van der Waals surface area contributed by atoms with E-state index in [-0.39, 0.29) is 0 Å². The van der Waals surface area contributed by atoms with Crippen LogP contribution in [0.15, 0.2) is 30.5 Å². The molecule has 1 aromatic carbocycles. The second-order valence-electron chi connectivity index (χ2n) is 3.57. The van der Waals surface area contributed by atoms with E-state index in [1.807, 2.05) is 12.1 Å². The number of rotatable bonds is 2. The SMILES string of the molecule is Cc1ncc(C#N)c(Nc2ccccc2C#N)n1. The number of aromatic nitrogens is 2. The number of aryl methyl sites for hydroxylation is 1. The van der Waals surface area contributed by atoms with E-state index in [2.05, 4.69) is 21.4 Å². The highest BCUT2D eigenvalue weighted by atomic mass is 15.0. The third-order valence-corrected chi connectivity index (χ3v) is 2.33. The van der Waals surface area contributed by atoms with Gasteiger partial charge in [0.15, 0.2) is 5.82 Å². The zero-order valence-electron chi connectivity index (χ0n) is 9.68. The van der Waals surface area contributed by atoms with E-state index in [0.29, 0.717) is 28.5 Å². The molecule has 0 saturated heterocycles. The maximum absolute atomic E-state index is 8.99. The monoisotopic (exact) mass is 235 g/mol. The van der Waals surface area contributed by atoms with Gasteiger partial charge in [-0.2, -0.15) is 10.5 Å². The number of hydrogen-bond donors (Lipinski definition) is 1. The lowest BCUT2D eigenvalue weighted by Crippen LogP contribution is -2.01. The Bertz CT molecular complexity index is 664. The molecule has 0 fully saturated rings. The molecule has 2 rings (SSSR count). The van der Waals surface area contributed by atoms with Gasteiger partial charge in [0.05, 0.1) is 17.4 Å². The summed E-state index contributed by atoms with van der Waals surface area (Å²) in [6.07, 6.45) is 1.46. The minimum atomic E-state index is 0.341. The summed E-state index contributed by atoms with van der Waals surface area (Å²) in [7, 11) is 0. The normalized spacial score (nSPS) is 9.28. The summed E-state index contributed by atoms with van der Waals surface area (Å²) in [5.74, 6) is 0.971. The standard InChI is InChI=1S/C13H9N5/c1-9-16-8-11(7-15)13(17-9)18-12-5-3-2-4-10(12)6-14/h2-5,8H,1H3,(H,16,17,18). The molecule has 0 amide bonds. The van der Waals surface area contributed by atoms with E-state index in [1.54, 1.807) is 25.1 Å². The molecule has 0 radical (unpaired) electrons. The van der Waals surface area contributed by atoms with E-state index in [0.717, 1.165) is 0 Å². The zero-order valence-corrected chi connectivity index (χ0v) is 9.68. The molecule has 0 aliphatic rings. The van der Waals surface area contributed by atoms with Crippen molar-refractivity contribution in [3.63, 3.8) is 0 Å². The summed E-state index contributed by atoms with van der Waals surface area (Å²) < 4.78 is 0. The molecule has 5 nitrogen and oxygen atoms in total. The Balaban J connectivity index is 2.44. The average Bonchev–Trinajstić information content (AvgIpc) is 2.40. The summed E-state index contributed by atoms with van der Waals surface area (Å²) in [6, 6.07) is 11.1. The van der Waals surface area contributed by atoms with Crippen LogP contribution in [-0.4, -0.2) is 9.97 Å². The Morgan fingerprint density at radius 2 is 1.83 bits per heavy atom. The van der Waals surface area contributed by atoms with Crippen molar-refractivity contribution in [2.24, 2.45) is 0 Å². The minimum Gasteiger partial charge on any atom is -0.338 e. The first kappa shape index (κ1) is 11.6. The molecule has 86 valence electrons.